The number of halogens is 2. The molecule has 0 amide bonds. The van der Waals surface area contributed by atoms with Crippen LogP contribution in [0.25, 0.3) is 32.9 Å². The molecule has 4 atom stereocenters. The van der Waals surface area contributed by atoms with Gasteiger partial charge in [0.2, 0.25) is 0 Å². The van der Waals surface area contributed by atoms with Crippen LogP contribution in [0.2, 0.25) is 0 Å². The summed E-state index contributed by atoms with van der Waals surface area (Å²) in [5, 5.41) is 15.9. The minimum atomic E-state index is -0.962. The Kier molecular flexibility index (Phi) is 6.26. The van der Waals surface area contributed by atoms with Crippen LogP contribution in [0.15, 0.2) is 48.9 Å². The largest absolute Gasteiger partial charge is 0.508 e. The molecule has 8 nitrogen and oxygen atoms in total. The van der Waals surface area contributed by atoms with Gasteiger partial charge in [0.05, 0.1) is 10.9 Å². The number of terminal acetylenes is 1. The van der Waals surface area contributed by atoms with Crippen molar-refractivity contribution in [3.8, 4) is 35.4 Å². The summed E-state index contributed by atoms with van der Waals surface area (Å²) in [5.41, 5.74) is 0.342. The molecule has 8 rings (SSSR count). The number of aromatic hydroxyl groups is 1. The van der Waals surface area contributed by atoms with E-state index < -0.39 is 17.5 Å². The summed E-state index contributed by atoms with van der Waals surface area (Å²) < 4.78 is 37.6. The number of fused-ring (bicyclic) bond motifs is 5. The number of ether oxygens (including phenoxy) is 1. The second kappa shape index (κ2) is 10.1. The van der Waals surface area contributed by atoms with E-state index in [4.69, 9.17) is 16.1 Å². The van der Waals surface area contributed by atoms with Gasteiger partial charge in [0.25, 0.3) is 0 Å². The Bertz CT molecular complexity index is 1880. The number of aromatic nitrogens is 3. The number of phenols is 1. The number of phenolic OH excluding ortho intramolecular Hbond substituents is 1. The normalized spacial score (nSPS) is 26.3. The highest BCUT2D eigenvalue weighted by molar-refractivity contribution is 6.02. The zero-order valence-corrected chi connectivity index (χ0v) is 24.2. The molecule has 0 radical (unpaired) electrons. The number of alkyl halides is 1. The average Bonchev–Trinajstić information content (AvgIpc) is 3.67. The number of pyridine rings is 1. The highest BCUT2D eigenvalue weighted by atomic mass is 19.1. The van der Waals surface area contributed by atoms with Crippen LogP contribution in [-0.4, -0.2) is 74.9 Å². The fourth-order valence-electron chi connectivity index (χ4n) is 7.92. The lowest BCUT2D eigenvalue weighted by atomic mass is 9.92. The first-order valence-corrected chi connectivity index (χ1v) is 15.2. The topological polar surface area (TPSA) is 86.6 Å². The maximum atomic E-state index is 16.8. The summed E-state index contributed by atoms with van der Waals surface area (Å²) in [5.74, 6) is 2.88. The highest BCUT2D eigenvalue weighted by Gasteiger charge is 2.52. The summed E-state index contributed by atoms with van der Waals surface area (Å²) in [6, 6.07) is 9.02. The van der Waals surface area contributed by atoms with Crippen molar-refractivity contribution in [1.29, 1.82) is 0 Å². The third-order valence-corrected chi connectivity index (χ3v) is 9.87. The lowest BCUT2D eigenvalue weighted by molar-refractivity contribution is 0.171. The van der Waals surface area contributed by atoms with Gasteiger partial charge in [-0.2, -0.15) is 9.97 Å². The second-order valence-electron chi connectivity index (χ2n) is 12.5. The van der Waals surface area contributed by atoms with E-state index in [1.807, 2.05) is 6.07 Å². The Labute approximate surface area is 253 Å². The molecule has 4 aromatic rings. The first kappa shape index (κ1) is 27.2. The van der Waals surface area contributed by atoms with Crippen molar-refractivity contribution in [3.05, 3.63) is 60.2 Å². The lowest BCUT2D eigenvalue weighted by Crippen LogP contribution is -2.51. The number of piperazine rings is 1. The zero-order valence-electron chi connectivity index (χ0n) is 24.2. The molecule has 4 aliphatic rings. The third kappa shape index (κ3) is 4.21. The molecule has 6 heterocycles. The van der Waals surface area contributed by atoms with Gasteiger partial charge < -0.3 is 20.1 Å². The van der Waals surface area contributed by atoms with Crippen molar-refractivity contribution in [1.82, 2.24) is 25.2 Å². The molecular formula is C34H32F2N6O2. The molecule has 10 heteroatoms. The van der Waals surface area contributed by atoms with Crippen LogP contribution in [0.3, 0.4) is 0 Å². The molecule has 2 aromatic heterocycles. The number of hydrogen-bond donors (Lipinski definition) is 2. The van der Waals surface area contributed by atoms with Gasteiger partial charge in [-0.15, -0.1) is 6.42 Å². The fourth-order valence-corrected chi connectivity index (χ4v) is 7.92. The van der Waals surface area contributed by atoms with E-state index in [-0.39, 0.29) is 23.0 Å². The van der Waals surface area contributed by atoms with Gasteiger partial charge >= 0.3 is 6.01 Å². The predicted octanol–water partition coefficient (Wildman–Crippen LogP) is 5.08. The summed E-state index contributed by atoms with van der Waals surface area (Å²) in [4.78, 5) is 18.2. The summed E-state index contributed by atoms with van der Waals surface area (Å²) in [6.45, 7) is 6.75. The first-order chi connectivity index (χ1) is 21.3. The van der Waals surface area contributed by atoms with Crippen LogP contribution in [0.5, 0.6) is 11.8 Å². The molecule has 44 heavy (non-hydrogen) atoms. The Balaban J connectivity index is 1.29. The van der Waals surface area contributed by atoms with Crippen LogP contribution in [0.1, 0.15) is 37.7 Å². The average molecular weight is 595 g/mol. The van der Waals surface area contributed by atoms with E-state index >= 15 is 4.39 Å². The first-order valence-electron chi connectivity index (χ1n) is 15.2. The van der Waals surface area contributed by atoms with E-state index in [9.17, 15) is 9.50 Å². The predicted molar refractivity (Wildman–Crippen MR) is 165 cm³/mol. The molecule has 0 spiro atoms. The van der Waals surface area contributed by atoms with Crippen LogP contribution < -0.4 is 15.0 Å². The van der Waals surface area contributed by atoms with Gasteiger partial charge in [-0.1, -0.05) is 24.6 Å². The van der Waals surface area contributed by atoms with E-state index in [2.05, 4.69) is 37.6 Å². The number of rotatable bonds is 5. The van der Waals surface area contributed by atoms with Crippen molar-refractivity contribution in [2.45, 2.75) is 55.9 Å². The summed E-state index contributed by atoms with van der Waals surface area (Å²) in [7, 11) is 0. The van der Waals surface area contributed by atoms with Crippen LogP contribution >= 0.6 is 0 Å². The molecule has 2 bridgehead atoms. The molecule has 4 saturated heterocycles. The summed E-state index contributed by atoms with van der Waals surface area (Å²) in [6.07, 6.45) is 10.5. The molecule has 0 saturated carbocycles. The van der Waals surface area contributed by atoms with Crippen molar-refractivity contribution >= 4 is 27.5 Å². The SMILES string of the molecule is C#Cc1cccc2cc(O)cc(-c3ncc4c(N5CC6CCC(C5)N6)nc(OC(=C)[C@@]56CCCN5CC(F)C6)nc4c3F)c12. The number of benzene rings is 2. The van der Waals surface area contributed by atoms with E-state index in [0.717, 1.165) is 32.2 Å². The lowest BCUT2D eigenvalue weighted by Gasteiger charge is -2.35. The molecule has 2 N–H and O–H groups in total. The van der Waals surface area contributed by atoms with Gasteiger partial charge in [0.1, 0.15) is 34.7 Å². The smallest absolute Gasteiger partial charge is 0.324 e. The Hall–Kier alpha value is -4.33. The maximum absolute atomic E-state index is 16.8. The number of hydrogen-bond acceptors (Lipinski definition) is 8. The summed E-state index contributed by atoms with van der Waals surface area (Å²) >= 11 is 0. The minimum Gasteiger partial charge on any atom is -0.508 e. The number of nitrogens with one attached hydrogen (secondary N) is 1. The monoisotopic (exact) mass is 594 g/mol. The standard InChI is InChI=1S/C34H32F2N6O2/c1-3-20-6-4-7-21-12-25(43)13-26(28(20)21)30-29(36)31-27(15-37-30)32(41-17-23-8-9-24(18-41)38-23)40-33(39-31)44-19(2)34-10-5-11-42(34)16-22(35)14-34/h1,4,6-7,12-13,15,22-24,38,43H,2,5,8-11,14,16-18H2/t22?,23?,24?,34-/m0/s1. The van der Waals surface area contributed by atoms with Gasteiger partial charge in [-0.25, -0.2) is 8.78 Å². The Morgan fingerprint density at radius 1 is 1.18 bits per heavy atom. The van der Waals surface area contributed by atoms with E-state index in [1.165, 1.54) is 6.07 Å². The molecule has 4 fully saturated rings. The highest BCUT2D eigenvalue weighted by Crippen LogP contribution is 2.45. The molecule has 2 aromatic carbocycles. The third-order valence-electron chi connectivity index (χ3n) is 9.87. The number of anilines is 1. The van der Waals surface area contributed by atoms with Gasteiger partial charge in [-0.3, -0.25) is 9.88 Å². The maximum Gasteiger partial charge on any atom is 0.324 e. The van der Waals surface area contributed by atoms with Gasteiger partial charge in [0, 0.05) is 60.8 Å². The van der Waals surface area contributed by atoms with Crippen molar-refractivity contribution in [2.24, 2.45) is 0 Å². The van der Waals surface area contributed by atoms with Gasteiger partial charge in [0.15, 0.2) is 5.82 Å². The molecule has 0 aliphatic carbocycles. The van der Waals surface area contributed by atoms with E-state index in [0.29, 0.717) is 77.0 Å². The van der Waals surface area contributed by atoms with Crippen molar-refractivity contribution in [2.75, 3.05) is 31.1 Å². The van der Waals surface area contributed by atoms with Crippen molar-refractivity contribution < 1.29 is 18.6 Å². The molecule has 3 unspecified atom stereocenters. The fraction of sp³-hybridized carbons (Fsp3) is 0.382. The van der Waals surface area contributed by atoms with Crippen LogP contribution in [-0.2, 0) is 0 Å². The number of nitrogens with zero attached hydrogens (tertiary/aromatic N) is 5. The quantitative estimate of drug-likeness (QED) is 0.245. The molecular weight excluding hydrogens is 562 g/mol. The molecule has 4 aliphatic heterocycles. The Morgan fingerprint density at radius 3 is 2.80 bits per heavy atom. The van der Waals surface area contributed by atoms with Crippen LogP contribution in [0, 0.1) is 18.2 Å². The zero-order chi connectivity index (χ0) is 30.2. The molecule has 224 valence electrons. The van der Waals surface area contributed by atoms with Crippen LogP contribution in [0.4, 0.5) is 14.6 Å². The van der Waals surface area contributed by atoms with Crippen molar-refractivity contribution in [3.63, 3.8) is 0 Å². The Morgan fingerprint density at radius 2 is 2.00 bits per heavy atom. The minimum absolute atomic E-state index is 0.00697. The van der Waals surface area contributed by atoms with Gasteiger partial charge in [-0.05, 0) is 55.8 Å². The van der Waals surface area contributed by atoms with E-state index in [1.54, 1.807) is 24.4 Å². The second-order valence-corrected chi connectivity index (χ2v) is 12.5.